The fourth-order valence-corrected chi connectivity index (χ4v) is 2.02. The Hall–Kier alpha value is -1.28. The van der Waals surface area contributed by atoms with Gasteiger partial charge in [-0.2, -0.15) is 21.6 Å². The van der Waals surface area contributed by atoms with Crippen LogP contribution in [0.25, 0.3) is 0 Å². The van der Waals surface area contributed by atoms with E-state index in [1.54, 1.807) is 0 Å². The van der Waals surface area contributed by atoms with Crippen molar-refractivity contribution in [3.63, 3.8) is 0 Å². The molecule has 2 N–H and O–H groups in total. The first-order valence-electron chi connectivity index (χ1n) is 5.55. The maximum Gasteiger partial charge on any atom is 0.416 e. The molecule has 0 atom stereocenters. The molecule has 0 heterocycles. The zero-order chi connectivity index (χ0) is 14.5. The molecule has 8 heteroatoms. The molecular weight excluding hydrogens is 283 g/mol. The second kappa shape index (κ2) is 6.25. The van der Waals surface area contributed by atoms with Gasteiger partial charge >= 0.3 is 6.18 Å². The van der Waals surface area contributed by atoms with Gasteiger partial charge in [-0.05, 0) is 31.0 Å². The Bertz CT molecular complexity index is 514. The second-order valence-corrected chi connectivity index (χ2v) is 5.57. The van der Waals surface area contributed by atoms with Gasteiger partial charge in [-0.25, -0.2) is 0 Å². The summed E-state index contributed by atoms with van der Waals surface area (Å²) in [6.45, 7) is 0.330. The minimum Gasteiger partial charge on any atom is -0.385 e. The lowest BCUT2D eigenvalue weighted by Gasteiger charge is -2.10. The van der Waals surface area contributed by atoms with Gasteiger partial charge in [0.1, 0.15) is 0 Å². The van der Waals surface area contributed by atoms with Crippen LogP contribution in [0.1, 0.15) is 18.4 Å². The van der Waals surface area contributed by atoms with Crippen LogP contribution in [-0.2, 0) is 16.3 Å². The van der Waals surface area contributed by atoms with Crippen molar-refractivity contribution in [1.82, 2.24) is 0 Å². The molecule has 0 aliphatic heterocycles. The van der Waals surface area contributed by atoms with E-state index < -0.39 is 21.9 Å². The Morgan fingerprint density at radius 2 is 1.89 bits per heavy atom. The number of hydrogen-bond donors (Lipinski definition) is 2. The highest BCUT2D eigenvalue weighted by Crippen LogP contribution is 2.30. The third-order valence-corrected chi connectivity index (χ3v) is 3.15. The summed E-state index contributed by atoms with van der Waals surface area (Å²) in [7, 11) is -3.97. The second-order valence-electron chi connectivity index (χ2n) is 4.00. The van der Waals surface area contributed by atoms with E-state index in [0.717, 1.165) is 12.1 Å². The minimum atomic E-state index is -4.39. The lowest BCUT2D eigenvalue weighted by atomic mass is 10.2. The highest BCUT2D eigenvalue weighted by atomic mass is 32.2. The average Bonchev–Trinajstić information content (AvgIpc) is 2.26. The third-order valence-electron chi connectivity index (χ3n) is 2.35. The molecule has 0 unspecified atom stereocenters. The summed E-state index contributed by atoms with van der Waals surface area (Å²) in [6, 6.07) is 4.76. The molecule has 108 valence electrons. The molecule has 0 spiro atoms. The van der Waals surface area contributed by atoms with Gasteiger partial charge in [0.2, 0.25) is 0 Å². The number of hydrogen-bond acceptors (Lipinski definition) is 3. The van der Waals surface area contributed by atoms with E-state index in [-0.39, 0.29) is 12.2 Å². The van der Waals surface area contributed by atoms with Crippen LogP contribution in [0.5, 0.6) is 0 Å². The molecular formula is C11H14F3NO3S. The van der Waals surface area contributed by atoms with Crippen molar-refractivity contribution in [3.8, 4) is 0 Å². The smallest absolute Gasteiger partial charge is 0.385 e. The lowest BCUT2D eigenvalue weighted by molar-refractivity contribution is -0.137. The van der Waals surface area contributed by atoms with Crippen LogP contribution < -0.4 is 5.32 Å². The number of rotatable bonds is 6. The fraction of sp³-hybridized carbons (Fsp3) is 0.455. The molecule has 0 amide bonds. The van der Waals surface area contributed by atoms with Crippen molar-refractivity contribution in [3.05, 3.63) is 29.8 Å². The standard InChI is InChI=1S/C11H14F3NO3S/c12-11(13,14)9-4-3-5-10(8-9)15-6-1-2-7-19(16,17)18/h3-5,8,15H,1-2,6-7H2,(H,16,17,18). The van der Waals surface area contributed by atoms with Gasteiger partial charge in [-0.1, -0.05) is 6.07 Å². The summed E-state index contributed by atoms with van der Waals surface area (Å²) >= 11 is 0. The summed E-state index contributed by atoms with van der Waals surface area (Å²) in [5.41, 5.74) is -0.419. The van der Waals surface area contributed by atoms with Crippen molar-refractivity contribution >= 4 is 15.8 Å². The molecule has 0 bridgehead atoms. The van der Waals surface area contributed by atoms with Crippen molar-refractivity contribution in [2.45, 2.75) is 19.0 Å². The van der Waals surface area contributed by atoms with Crippen LogP contribution in [-0.4, -0.2) is 25.3 Å². The summed E-state index contributed by atoms with van der Waals surface area (Å²) < 4.78 is 66.6. The highest BCUT2D eigenvalue weighted by molar-refractivity contribution is 7.85. The number of anilines is 1. The van der Waals surface area contributed by atoms with E-state index in [0.29, 0.717) is 18.7 Å². The zero-order valence-corrected chi connectivity index (χ0v) is 10.8. The number of unbranched alkanes of at least 4 members (excludes halogenated alkanes) is 1. The molecule has 0 radical (unpaired) electrons. The topological polar surface area (TPSA) is 66.4 Å². The predicted molar refractivity (Wildman–Crippen MR) is 65.6 cm³/mol. The van der Waals surface area contributed by atoms with Gasteiger partial charge < -0.3 is 5.32 Å². The van der Waals surface area contributed by atoms with Crippen molar-refractivity contribution < 1.29 is 26.1 Å². The first-order chi connectivity index (χ1) is 8.68. The molecule has 0 saturated carbocycles. The monoisotopic (exact) mass is 297 g/mol. The number of alkyl halides is 3. The molecule has 0 aliphatic carbocycles. The van der Waals surface area contributed by atoms with Crippen LogP contribution in [0.2, 0.25) is 0 Å². The lowest BCUT2D eigenvalue weighted by Crippen LogP contribution is -2.09. The highest BCUT2D eigenvalue weighted by Gasteiger charge is 2.30. The van der Waals surface area contributed by atoms with E-state index >= 15 is 0 Å². The summed E-state index contributed by atoms with van der Waals surface area (Å²) in [5, 5.41) is 2.77. The Labute approximate surface area is 109 Å². The quantitative estimate of drug-likeness (QED) is 0.626. The van der Waals surface area contributed by atoms with Gasteiger partial charge in [0, 0.05) is 12.2 Å². The molecule has 19 heavy (non-hydrogen) atoms. The Kier molecular flexibility index (Phi) is 5.19. The van der Waals surface area contributed by atoms with Crippen molar-refractivity contribution in [2.24, 2.45) is 0 Å². The zero-order valence-electron chi connectivity index (χ0n) is 9.94. The molecule has 4 nitrogen and oxygen atoms in total. The van der Waals surface area contributed by atoms with Gasteiger partial charge in [-0.3, -0.25) is 4.55 Å². The fourth-order valence-electron chi connectivity index (χ4n) is 1.45. The number of benzene rings is 1. The summed E-state index contributed by atoms with van der Waals surface area (Å²) in [6.07, 6.45) is -3.72. The van der Waals surface area contributed by atoms with E-state index in [9.17, 15) is 21.6 Å². The van der Waals surface area contributed by atoms with Gasteiger partial charge in [0.05, 0.1) is 11.3 Å². The normalized spacial score (nSPS) is 12.4. The molecule has 1 aromatic rings. The summed E-state index contributed by atoms with van der Waals surface area (Å²) in [5.74, 6) is -0.350. The Morgan fingerprint density at radius 3 is 2.47 bits per heavy atom. The van der Waals surface area contributed by atoms with E-state index in [1.807, 2.05) is 0 Å². The maximum absolute atomic E-state index is 12.4. The minimum absolute atomic E-state index is 0.241. The van der Waals surface area contributed by atoms with Crippen molar-refractivity contribution in [2.75, 3.05) is 17.6 Å². The van der Waals surface area contributed by atoms with Crippen LogP contribution in [0.15, 0.2) is 24.3 Å². The number of halogens is 3. The summed E-state index contributed by atoms with van der Waals surface area (Å²) in [4.78, 5) is 0. The van der Waals surface area contributed by atoms with Gasteiger partial charge in [-0.15, -0.1) is 0 Å². The molecule has 0 saturated heterocycles. The maximum atomic E-state index is 12.4. The Morgan fingerprint density at radius 1 is 1.21 bits per heavy atom. The predicted octanol–water partition coefficient (Wildman–Crippen LogP) is 2.79. The molecule has 0 aromatic heterocycles. The van der Waals surface area contributed by atoms with Crippen LogP contribution in [0, 0.1) is 0 Å². The third kappa shape index (κ3) is 6.44. The first-order valence-corrected chi connectivity index (χ1v) is 7.16. The van der Waals surface area contributed by atoms with Crippen LogP contribution in [0.4, 0.5) is 18.9 Å². The Balaban J connectivity index is 2.42. The molecule has 0 aliphatic rings. The number of nitrogens with one attached hydrogen (secondary N) is 1. The van der Waals surface area contributed by atoms with Crippen LogP contribution in [0.3, 0.4) is 0 Å². The van der Waals surface area contributed by atoms with Crippen LogP contribution >= 0.6 is 0 Å². The molecule has 1 aromatic carbocycles. The van der Waals surface area contributed by atoms with E-state index in [4.69, 9.17) is 4.55 Å². The van der Waals surface area contributed by atoms with Gasteiger partial charge in [0.25, 0.3) is 10.1 Å². The van der Waals surface area contributed by atoms with Gasteiger partial charge in [0.15, 0.2) is 0 Å². The van der Waals surface area contributed by atoms with Crippen molar-refractivity contribution in [1.29, 1.82) is 0 Å². The molecule has 0 fully saturated rings. The van der Waals surface area contributed by atoms with E-state index in [1.165, 1.54) is 12.1 Å². The van der Waals surface area contributed by atoms with E-state index in [2.05, 4.69) is 5.32 Å². The SMILES string of the molecule is O=S(=O)(O)CCCCNc1cccc(C(F)(F)F)c1. The first kappa shape index (κ1) is 15.8. The average molecular weight is 297 g/mol. The largest absolute Gasteiger partial charge is 0.416 e. The molecule has 1 rings (SSSR count).